The molecule has 2 atom stereocenters. The first-order chi connectivity index (χ1) is 10.4. The number of hydrogen-bond donors (Lipinski definition) is 0. The number of fused-ring (bicyclic) bond motifs is 1. The van der Waals surface area contributed by atoms with Crippen LogP contribution in [0.15, 0.2) is 18.2 Å². The lowest BCUT2D eigenvalue weighted by Crippen LogP contribution is -2.39. The first-order valence-corrected chi connectivity index (χ1v) is 6.94. The van der Waals surface area contributed by atoms with Gasteiger partial charge in [0.1, 0.15) is 11.2 Å². The number of rotatable bonds is 2. The number of halogens is 3. The molecule has 2 heterocycles. The van der Waals surface area contributed by atoms with Gasteiger partial charge in [0.25, 0.3) is 12.3 Å². The maximum atomic E-state index is 13.6. The summed E-state index contributed by atoms with van der Waals surface area (Å²) in [6, 6.07) is 5.21. The Balaban J connectivity index is 1.97. The van der Waals surface area contributed by atoms with Crippen molar-refractivity contribution in [2.75, 3.05) is 13.1 Å². The summed E-state index contributed by atoms with van der Waals surface area (Å²) < 4.78 is 40.0. The highest BCUT2D eigenvalue weighted by atomic mass is 19.3. The second-order valence-electron chi connectivity index (χ2n) is 5.95. The van der Waals surface area contributed by atoms with Gasteiger partial charge < -0.3 is 0 Å². The van der Waals surface area contributed by atoms with E-state index in [0.29, 0.717) is 18.5 Å². The van der Waals surface area contributed by atoms with E-state index >= 15 is 0 Å². The first-order valence-electron chi connectivity index (χ1n) is 6.94. The third-order valence-electron chi connectivity index (χ3n) is 4.38. The van der Waals surface area contributed by atoms with Gasteiger partial charge in [0, 0.05) is 13.1 Å². The molecular formula is C15H14F3N3O. The van der Waals surface area contributed by atoms with Crippen molar-refractivity contribution < 1.29 is 18.0 Å². The normalized spacial score (nSPS) is 28.3. The van der Waals surface area contributed by atoms with Crippen LogP contribution < -0.4 is 0 Å². The minimum Gasteiger partial charge on any atom is -0.272 e. The quantitative estimate of drug-likeness (QED) is 0.843. The first kappa shape index (κ1) is 14.9. The molecule has 2 aliphatic heterocycles. The monoisotopic (exact) mass is 309 g/mol. The average Bonchev–Trinajstić information content (AvgIpc) is 2.98. The van der Waals surface area contributed by atoms with Crippen molar-refractivity contribution in [1.82, 2.24) is 10.0 Å². The summed E-state index contributed by atoms with van der Waals surface area (Å²) in [7, 11) is 0. The molecule has 1 aromatic carbocycles. The number of alkyl halides is 2. The van der Waals surface area contributed by atoms with Crippen LogP contribution in [0.25, 0.3) is 0 Å². The predicted octanol–water partition coefficient (Wildman–Crippen LogP) is 2.47. The molecule has 0 radical (unpaired) electrons. The van der Waals surface area contributed by atoms with E-state index in [-0.39, 0.29) is 12.1 Å². The Hall–Kier alpha value is -2.07. The summed E-state index contributed by atoms with van der Waals surface area (Å²) in [4.78, 5) is 12.4. The highest BCUT2D eigenvalue weighted by Gasteiger charge is 2.57. The summed E-state index contributed by atoms with van der Waals surface area (Å²) in [6.45, 7) is 1.67. The summed E-state index contributed by atoms with van der Waals surface area (Å²) >= 11 is 0. The van der Waals surface area contributed by atoms with Crippen LogP contribution in [0.3, 0.4) is 0 Å². The van der Waals surface area contributed by atoms with Crippen LogP contribution in [-0.2, 0) is 4.79 Å². The highest BCUT2D eigenvalue weighted by Crippen LogP contribution is 2.45. The fourth-order valence-corrected chi connectivity index (χ4v) is 3.17. The lowest BCUT2D eigenvalue weighted by atomic mass is 9.90. The van der Waals surface area contributed by atoms with Crippen LogP contribution in [-0.4, -0.2) is 35.4 Å². The fourth-order valence-electron chi connectivity index (χ4n) is 3.17. The van der Waals surface area contributed by atoms with Gasteiger partial charge >= 0.3 is 0 Å². The van der Waals surface area contributed by atoms with Crippen LogP contribution in [0, 0.1) is 22.6 Å². The molecule has 0 spiro atoms. The number of nitrogens with zero attached hydrogens (tertiary/aromatic N) is 3. The Morgan fingerprint density at radius 2 is 2.14 bits per heavy atom. The van der Waals surface area contributed by atoms with Crippen LogP contribution in [0.4, 0.5) is 13.2 Å². The van der Waals surface area contributed by atoms with E-state index in [2.05, 4.69) is 0 Å². The second kappa shape index (κ2) is 4.99. The highest BCUT2D eigenvalue weighted by molar-refractivity contribution is 5.85. The molecule has 3 rings (SSSR count). The van der Waals surface area contributed by atoms with E-state index in [1.54, 1.807) is 5.01 Å². The van der Waals surface area contributed by atoms with E-state index < -0.39 is 29.6 Å². The molecule has 0 N–H and O–H groups in total. The molecule has 2 saturated heterocycles. The smallest absolute Gasteiger partial charge is 0.254 e. The van der Waals surface area contributed by atoms with Gasteiger partial charge in [-0.2, -0.15) is 5.26 Å². The molecule has 2 aliphatic rings. The van der Waals surface area contributed by atoms with E-state index in [1.807, 2.05) is 6.07 Å². The number of amides is 1. The number of carbonyl (C=O) groups excluding carboxylic acids is 1. The number of hydrogen-bond acceptors (Lipinski definition) is 3. The van der Waals surface area contributed by atoms with Gasteiger partial charge in [-0.1, -0.05) is 0 Å². The molecule has 0 saturated carbocycles. The SMILES string of the molecule is C[C@@]1(C(F)F)CN2CC[C@@H](c3cc(F)cc(C#N)c3)N2C1=O. The summed E-state index contributed by atoms with van der Waals surface area (Å²) in [6.07, 6.45) is -2.23. The van der Waals surface area contributed by atoms with Crippen molar-refractivity contribution in [2.45, 2.75) is 25.8 Å². The molecule has 0 aromatic heterocycles. The Kier molecular flexibility index (Phi) is 3.37. The van der Waals surface area contributed by atoms with E-state index in [4.69, 9.17) is 5.26 Å². The molecule has 22 heavy (non-hydrogen) atoms. The van der Waals surface area contributed by atoms with Gasteiger partial charge in [-0.15, -0.1) is 0 Å². The molecule has 4 nitrogen and oxygen atoms in total. The Bertz CT molecular complexity index is 672. The number of hydrazine groups is 1. The zero-order valence-electron chi connectivity index (χ0n) is 11.9. The number of nitriles is 1. The van der Waals surface area contributed by atoms with Crippen molar-refractivity contribution in [2.24, 2.45) is 5.41 Å². The third kappa shape index (κ3) is 2.06. The Morgan fingerprint density at radius 3 is 2.77 bits per heavy atom. The molecule has 1 aromatic rings. The largest absolute Gasteiger partial charge is 0.272 e. The maximum Gasteiger partial charge on any atom is 0.254 e. The van der Waals surface area contributed by atoms with Crippen molar-refractivity contribution >= 4 is 5.91 Å². The third-order valence-corrected chi connectivity index (χ3v) is 4.38. The Labute approximate surface area is 125 Å². The molecule has 2 fully saturated rings. The van der Waals surface area contributed by atoms with Crippen molar-refractivity contribution in [3.05, 3.63) is 35.1 Å². The van der Waals surface area contributed by atoms with Crippen LogP contribution >= 0.6 is 0 Å². The van der Waals surface area contributed by atoms with E-state index in [0.717, 1.165) is 6.07 Å². The summed E-state index contributed by atoms with van der Waals surface area (Å²) in [5.41, 5.74) is -1.12. The van der Waals surface area contributed by atoms with Gasteiger partial charge in [0.2, 0.25) is 0 Å². The molecular weight excluding hydrogens is 295 g/mol. The number of carbonyl (C=O) groups is 1. The van der Waals surface area contributed by atoms with Gasteiger partial charge in [-0.3, -0.25) is 9.80 Å². The van der Waals surface area contributed by atoms with Gasteiger partial charge in [0.15, 0.2) is 0 Å². The van der Waals surface area contributed by atoms with Crippen LogP contribution in [0.1, 0.15) is 30.5 Å². The van der Waals surface area contributed by atoms with Crippen molar-refractivity contribution in [3.63, 3.8) is 0 Å². The minimum absolute atomic E-state index is 0.0412. The summed E-state index contributed by atoms with van der Waals surface area (Å²) in [5, 5.41) is 11.8. The number of benzene rings is 1. The van der Waals surface area contributed by atoms with E-state index in [9.17, 15) is 18.0 Å². The van der Waals surface area contributed by atoms with Crippen LogP contribution in [0.2, 0.25) is 0 Å². The van der Waals surface area contributed by atoms with Gasteiger partial charge in [-0.25, -0.2) is 18.2 Å². The zero-order valence-corrected chi connectivity index (χ0v) is 11.9. The van der Waals surface area contributed by atoms with Gasteiger partial charge in [-0.05, 0) is 37.1 Å². The average molecular weight is 309 g/mol. The van der Waals surface area contributed by atoms with E-state index in [1.165, 1.54) is 24.1 Å². The van der Waals surface area contributed by atoms with Crippen LogP contribution in [0.5, 0.6) is 0 Å². The zero-order chi connectivity index (χ0) is 16.1. The molecule has 0 unspecified atom stereocenters. The molecule has 7 heteroatoms. The van der Waals surface area contributed by atoms with Gasteiger partial charge in [0.05, 0.1) is 17.7 Å². The maximum absolute atomic E-state index is 13.6. The van der Waals surface area contributed by atoms with Crippen molar-refractivity contribution in [3.8, 4) is 6.07 Å². The van der Waals surface area contributed by atoms with Crippen molar-refractivity contribution in [1.29, 1.82) is 5.26 Å². The summed E-state index contributed by atoms with van der Waals surface area (Å²) in [5.74, 6) is -1.22. The molecule has 1 amide bonds. The second-order valence-corrected chi connectivity index (χ2v) is 5.95. The lowest BCUT2D eigenvalue weighted by molar-refractivity contribution is -0.147. The topological polar surface area (TPSA) is 47.3 Å². The molecule has 0 aliphatic carbocycles. The fraction of sp³-hybridized carbons (Fsp3) is 0.467. The Morgan fingerprint density at radius 1 is 1.41 bits per heavy atom. The molecule has 0 bridgehead atoms. The lowest BCUT2D eigenvalue weighted by Gasteiger charge is -2.26. The minimum atomic E-state index is -2.76. The standard InChI is InChI=1S/C15H14F3N3O/c1-15(13(17)18)8-20-3-2-12(21(20)14(15)22)10-4-9(7-19)5-11(16)6-10/h4-6,12-13H,2-3,8H2,1H3/t12-,15-/m0/s1. The molecule has 116 valence electrons. The predicted molar refractivity (Wildman–Crippen MR) is 71.0 cm³/mol.